The zero-order chi connectivity index (χ0) is 16.3. The Kier molecular flexibility index (Phi) is 8.12. The van der Waals surface area contributed by atoms with Gasteiger partial charge in [-0.2, -0.15) is 0 Å². The van der Waals surface area contributed by atoms with Gasteiger partial charge in [0.2, 0.25) is 5.91 Å². The lowest BCUT2D eigenvalue weighted by Gasteiger charge is -2.20. The van der Waals surface area contributed by atoms with Gasteiger partial charge in [0.1, 0.15) is 0 Å². The average Bonchev–Trinajstić information content (AvgIpc) is 2.82. The smallest absolute Gasteiger partial charge is 0.220 e. The van der Waals surface area contributed by atoms with Crippen LogP contribution in [-0.4, -0.2) is 37.5 Å². The van der Waals surface area contributed by atoms with E-state index in [1.807, 2.05) is 7.05 Å². The molecule has 1 aromatic rings. The van der Waals surface area contributed by atoms with Crippen LogP contribution in [-0.2, 0) is 17.9 Å². The van der Waals surface area contributed by atoms with Gasteiger partial charge >= 0.3 is 0 Å². The summed E-state index contributed by atoms with van der Waals surface area (Å²) in [4.78, 5) is 14.3. The van der Waals surface area contributed by atoms with Gasteiger partial charge < -0.3 is 10.6 Å². The lowest BCUT2D eigenvalue weighted by Crippen LogP contribution is -2.25. The standard InChI is InChI=1S/C19H31N3O/c1-20-11-7-10-19(23)21-15-17-8-6-9-18(14-17)16-22-12-4-2-3-5-13-22/h6,8-9,14,20H,2-5,7,10-13,15-16H2,1H3,(H,21,23). The quantitative estimate of drug-likeness (QED) is 0.725. The molecule has 0 saturated carbocycles. The minimum Gasteiger partial charge on any atom is -0.352 e. The molecule has 1 aliphatic rings. The minimum absolute atomic E-state index is 0.137. The second kappa shape index (κ2) is 10.4. The highest BCUT2D eigenvalue weighted by atomic mass is 16.1. The number of carbonyl (C=O) groups excluding carboxylic acids is 1. The van der Waals surface area contributed by atoms with Gasteiger partial charge in [-0.15, -0.1) is 0 Å². The van der Waals surface area contributed by atoms with Crippen molar-refractivity contribution in [2.75, 3.05) is 26.7 Å². The van der Waals surface area contributed by atoms with Crippen molar-refractivity contribution in [1.82, 2.24) is 15.5 Å². The Morgan fingerprint density at radius 3 is 2.61 bits per heavy atom. The Labute approximate surface area is 140 Å². The van der Waals surface area contributed by atoms with E-state index in [4.69, 9.17) is 0 Å². The monoisotopic (exact) mass is 317 g/mol. The van der Waals surface area contributed by atoms with Crippen molar-refractivity contribution in [3.8, 4) is 0 Å². The largest absolute Gasteiger partial charge is 0.352 e. The Morgan fingerprint density at radius 1 is 1.13 bits per heavy atom. The van der Waals surface area contributed by atoms with Crippen LogP contribution in [0.15, 0.2) is 24.3 Å². The number of rotatable bonds is 8. The second-order valence-corrected chi connectivity index (χ2v) is 6.49. The molecule has 0 radical (unpaired) electrons. The van der Waals surface area contributed by atoms with Gasteiger partial charge in [-0.05, 0) is 57.1 Å². The Hall–Kier alpha value is -1.39. The lowest BCUT2D eigenvalue weighted by atomic mass is 10.1. The molecule has 2 N–H and O–H groups in total. The van der Waals surface area contributed by atoms with Gasteiger partial charge in [0, 0.05) is 19.5 Å². The summed E-state index contributed by atoms with van der Waals surface area (Å²) in [7, 11) is 1.91. The highest BCUT2D eigenvalue weighted by Gasteiger charge is 2.09. The van der Waals surface area contributed by atoms with Crippen molar-refractivity contribution >= 4 is 5.91 Å². The number of nitrogens with zero attached hydrogens (tertiary/aromatic N) is 1. The summed E-state index contributed by atoms with van der Waals surface area (Å²) < 4.78 is 0. The third-order valence-corrected chi connectivity index (χ3v) is 4.42. The van der Waals surface area contributed by atoms with E-state index >= 15 is 0 Å². The zero-order valence-corrected chi connectivity index (χ0v) is 14.4. The maximum Gasteiger partial charge on any atom is 0.220 e. The SMILES string of the molecule is CNCCCC(=O)NCc1cccc(CN2CCCCCC2)c1. The van der Waals surface area contributed by atoms with Crippen molar-refractivity contribution in [2.24, 2.45) is 0 Å². The predicted octanol–water partition coefficient (Wildman–Crippen LogP) is 2.68. The van der Waals surface area contributed by atoms with Crippen LogP contribution < -0.4 is 10.6 Å². The van der Waals surface area contributed by atoms with Crippen molar-refractivity contribution in [1.29, 1.82) is 0 Å². The number of hydrogen-bond acceptors (Lipinski definition) is 3. The topological polar surface area (TPSA) is 44.4 Å². The zero-order valence-electron chi connectivity index (χ0n) is 14.4. The molecule has 0 atom stereocenters. The van der Waals surface area contributed by atoms with Crippen molar-refractivity contribution in [3.63, 3.8) is 0 Å². The fourth-order valence-electron chi connectivity index (χ4n) is 3.11. The summed E-state index contributed by atoms with van der Waals surface area (Å²) >= 11 is 0. The normalized spacial score (nSPS) is 16.0. The highest BCUT2D eigenvalue weighted by Crippen LogP contribution is 2.14. The van der Waals surface area contributed by atoms with E-state index in [1.165, 1.54) is 49.9 Å². The molecule has 1 fully saturated rings. The minimum atomic E-state index is 0.137. The van der Waals surface area contributed by atoms with E-state index in [0.717, 1.165) is 19.5 Å². The van der Waals surface area contributed by atoms with E-state index in [2.05, 4.69) is 39.8 Å². The molecule has 0 bridgehead atoms. The maximum absolute atomic E-state index is 11.8. The van der Waals surface area contributed by atoms with Crippen LogP contribution in [0.5, 0.6) is 0 Å². The predicted molar refractivity (Wildman–Crippen MR) is 95.2 cm³/mol. The number of carbonyl (C=O) groups is 1. The molecule has 4 nitrogen and oxygen atoms in total. The van der Waals surface area contributed by atoms with Crippen LogP contribution in [0.4, 0.5) is 0 Å². The van der Waals surface area contributed by atoms with Crippen LogP contribution in [0.1, 0.15) is 49.7 Å². The molecule has 0 spiro atoms. The van der Waals surface area contributed by atoms with Crippen LogP contribution >= 0.6 is 0 Å². The fourth-order valence-corrected chi connectivity index (χ4v) is 3.11. The summed E-state index contributed by atoms with van der Waals surface area (Å²) in [6, 6.07) is 8.64. The summed E-state index contributed by atoms with van der Waals surface area (Å²) in [5.41, 5.74) is 2.55. The third-order valence-electron chi connectivity index (χ3n) is 4.42. The van der Waals surface area contributed by atoms with Crippen molar-refractivity contribution < 1.29 is 4.79 Å². The molecule has 0 unspecified atom stereocenters. The average molecular weight is 317 g/mol. The maximum atomic E-state index is 11.8. The van der Waals surface area contributed by atoms with Gasteiger partial charge in [0.05, 0.1) is 0 Å². The second-order valence-electron chi connectivity index (χ2n) is 6.49. The molecule has 1 heterocycles. The van der Waals surface area contributed by atoms with Gasteiger partial charge in [0.25, 0.3) is 0 Å². The first-order valence-corrected chi connectivity index (χ1v) is 8.99. The molecule has 1 saturated heterocycles. The van der Waals surface area contributed by atoms with Crippen LogP contribution in [0.2, 0.25) is 0 Å². The fraction of sp³-hybridized carbons (Fsp3) is 0.632. The third kappa shape index (κ3) is 7.14. The molecule has 23 heavy (non-hydrogen) atoms. The molecule has 1 aliphatic heterocycles. The lowest BCUT2D eigenvalue weighted by molar-refractivity contribution is -0.121. The number of benzene rings is 1. The highest BCUT2D eigenvalue weighted by molar-refractivity contribution is 5.75. The first-order chi connectivity index (χ1) is 11.3. The molecule has 2 rings (SSSR count). The molecule has 1 amide bonds. The molecule has 4 heteroatoms. The molecule has 1 aromatic carbocycles. The van der Waals surface area contributed by atoms with Crippen molar-refractivity contribution in [2.45, 2.75) is 51.6 Å². The van der Waals surface area contributed by atoms with Gasteiger partial charge in [-0.1, -0.05) is 37.1 Å². The van der Waals surface area contributed by atoms with E-state index in [1.54, 1.807) is 0 Å². The summed E-state index contributed by atoms with van der Waals surface area (Å²) in [6.07, 6.45) is 6.86. The van der Waals surface area contributed by atoms with Crippen molar-refractivity contribution in [3.05, 3.63) is 35.4 Å². The van der Waals surface area contributed by atoms with Crippen LogP contribution in [0.25, 0.3) is 0 Å². The van der Waals surface area contributed by atoms with E-state index in [0.29, 0.717) is 13.0 Å². The molecule has 0 aliphatic carbocycles. The van der Waals surface area contributed by atoms with E-state index < -0.39 is 0 Å². The summed E-state index contributed by atoms with van der Waals surface area (Å²) in [5.74, 6) is 0.137. The van der Waals surface area contributed by atoms with Gasteiger partial charge in [-0.3, -0.25) is 9.69 Å². The number of nitrogens with one attached hydrogen (secondary N) is 2. The summed E-state index contributed by atoms with van der Waals surface area (Å²) in [5, 5.41) is 6.08. The Bertz CT molecular complexity index is 467. The Balaban J connectivity index is 1.78. The first-order valence-electron chi connectivity index (χ1n) is 8.99. The summed E-state index contributed by atoms with van der Waals surface area (Å²) in [6.45, 7) is 4.98. The van der Waals surface area contributed by atoms with Gasteiger partial charge in [0.15, 0.2) is 0 Å². The molecule has 128 valence electrons. The van der Waals surface area contributed by atoms with E-state index in [9.17, 15) is 4.79 Å². The molecular formula is C19H31N3O. The number of likely N-dealkylation sites (tertiary alicyclic amines) is 1. The van der Waals surface area contributed by atoms with Crippen LogP contribution in [0, 0.1) is 0 Å². The first kappa shape index (κ1) is 18.0. The molecular weight excluding hydrogens is 286 g/mol. The number of hydrogen-bond donors (Lipinski definition) is 2. The molecule has 0 aromatic heterocycles. The number of amides is 1. The Morgan fingerprint density at radius 2 is 1.87 bits per heavy atom. The van der Waals surface area contributed by atoms with Gasteiger partial charge in [-0.25, -0.2) is 0 Å². The van der Waals surface area contributed by atoms with E-state index in [-0.39, 0.29) is 5.91 Å². The van der Waals surface area contributed by atoms with Crippen LogP contribution in [0.3, 0.4) is 0 Å².